The molecule has 1 heterocycles. The van der Waals surface area contributed by atoms with Crippen LogP contribution in [-0.2, 0) is 11.3 Å². The van der Waals surface area contributed by atoms with E-state index in [9.17, 15) is 4.79 Å². The van der Waals surface area contributed by atoms with Crippen molar-refractivity contribution in [3.05, 3.63) is 22.4 Å². The Kier molecular flexibility index (Phi) is 4.62. The second kappa shape index (κ2) is 5.78. The molecule has 0 saturated heterocycles. The van der Waals surface area contributed by atoms with E-state index in [0.717, 1.165) is 4.88 Å². The van der Waals surface area contributed by atoms with Crippen LogP contribution in [0.4, 0.5) is 0 Å². The average Bonchev–Trinajstić information content (AvgIpc) is 2.69. The van der Waals surface area contributed by atoms with Crippen LogP contribution in [0.25, 0.3) is 0 Å². The third-order valence-corrected chi connectivity index (χ3v) is 2.98. The molecule has 0 spiro atoms. The molecule has 14 heavy (non-hydrogen) atoms. The molecule has 0 saturated carbocycles. The van der Waals surface area contributed by atoms with Gasteiger partial charge in [0.25, 0.3) is 0 Å². The first-order chi connectivity index (χ1) is 6.77. The van der Waals surface area contributed by atoms with E-state index in [1.807, 2.05) is 24.4 Å². The molecular weight excluding hydrogens is 198 g/mol. The third kappa shape index (κ3) is 3.12. The largest absolute Gasteiger partial charge is 0.396 e. The van der Waals surface area contributed by atoms with E-state index < -0.39 is 0 Å². The van der Waals surface area contributed by atoms with E-state index >= 15 is 0 Å². The molecule has 4 heteroatoms. The number of rotatable bonds is 5. The molecule has 2 N–H and O–H groups in total. The Morgan fingerprint density at radius 1 is 1.71 bits per heavy atom. The average molecular weight is 213 g/mol. The summed E-state index contributed by atoms with van der Waals surface area (Å²) in [6.45, 7) is 2.38. The van der Waals surface area contributed by atoms with Crippen LogP contribution in [0.5, 0.6) is 0 Å². The maximum absolute atomic E-state index is 11.4. The van der Waals surface area contributed by atoms with E-state index in [2.05, 4.69) is 5.32 Å². The Balaban J connectivity index is 2.34. The lowest BCUT2D eigenvalue weighted by Crippen LogP contribution is -2.31. The maximum atomic E-state index is 11.4. The molecule has 1 amide bonds. The molecule has 1 aromatic rings. The molecule has 0 fully saturated rings. The minimum absolute atomic E-state index is 0.0663. The van der Waals surface area contributed by atoms with Crippen molar-refractivity contribution < 1.29 is 9.90 Å². The predicted octanol–water partition coefficient (Wildman–Crippen LogP) is 1.38. The Morgan fingerprint density at radius 2 is 2.50 bits per heavy atom. The topological polar surface area (TPSA) is 49.3 Å². The highest BCUT2D eigenvalue weighted by Crippen LogP contribution is 2.08. The summed E-state index contributed by atoms with van der Waals surface area (Å²) in [6, 6.07) is 3.93. The van der Waals surface area contributed by atoms with Crippen LogP contribution >= 0.6 is 11.3 Å². The zero-order valence-corrected chi connectivity index (χ0v) is 9.01. The number of thiophene rings is 1. The highest BCUT2D eigenvalue weighted by atomic mass is 32.1. The molecule has 78 valence electrons. The Morgan fingerprint density at radius 3 is 3.00 bits per heavy atom. The molecule has 0 aliphatic heterocycles. The van der Waals surface area contributed by atoms with Crippen molar-refractivity contribution in [3.63, 3.8) is 0 Å². The molecule has 0 aromatic carbocycles. The highest BCUT2D eigenvalue weighted by Gasteiger charge is 2.14. The van der Waals surface area contributed by atoms with Gasteiger partial charge in [0.1, 0.15) is 0 Å². The monoisotopic (exact) mass is 213 g/mol. The highest BCUT2D eigenvalue weighted by molar-refractivity contribution is 7.09. The Bertz CT molecular complexity index is 268. The van der Waals surface area contributed by atoms with Gasteiger partial charge in [-0.25, -0.2) is 0 Å². The summed E-state index contributed by atoms with van der Waals surface area (Å²) in [5.74, 6) is -0.335. The van der Waals surface area contributed by atoms with Gasteiger partial charge in [0.15, 0.2) is 0 Å². The quantitative estimate of drug-likeness (QED) is 0.776. The fourth-order valence-corrected chi connectivity index (χ4v) is 1.77. The summed E-state index contributed by atoms with van der Waals surface area (Å²) in [5, 5.41) is 13.7. The van der Waals surface area contributed by atoms with Gasteiger partial charge >= 0.3 is 0 Å². The molecule has 1 unspecified atom stereocenters. The van der Waals surface area contributed by atoms with Crippen molar-refractivity contribution in [1.82, 2.24) is 5.32 Å². The first-order valence-corrected chi connectivity index (χ1v) is 5.56. The summed E-state index contributed by atoms with van der Waals surface area (Å²) in [7, 11) is 0. The first-order valence-electron chi connectivity index (χ1n) is 4.68. The fraction of sp³-hybridized carbons (Fsp3) is 0.500. The van der Waals surface area contributed by atoms with Gasteiger partial charge in [-0.2, -0.15) is 0 Å². The van der Waals surface area contributed by atoms with Crippen molar-refractivity contribution in [3.8, 4) is 0 Å². The second-order valence-electron chi connectivity index (χ2n) is 3.08. The predicted molar refractivity (Wildman–Crippen MR) is 57.0 cm³/mol. The zero-order valence-electron chi connectivity index (χ0n) is 8.19. The number of aliphatic hydroxyl groups is 1. The molecule has 1 atom stereocenters. The number of carbonyl (C=O) groups excluding carboxylic acids is 1. The lowest BCUT2D eigenvalue weighted by molar-refractivity contribution is -0.126. The fourth-order valence-electron chi connectivity index (χ4n) is 1.13. The van der Waals surface area contributed by atoms with Crippen molar-refractivity contribution in [2.75, 3.05) is 6.61 Å². The number of amides is 1. The normalized spacial score (nSPS) is 12.4. The van der Waals surface area contributed by atoms with Gasteiger partial charge in [-0.1, -0.05) is 13.0 Å². The second-order valence-corrected chi connectivity index (χ2v) is 4.12. The standard InChI is InChI=1S/C10H15NO2S/c1-2-8(7-12)10(13)11-6-9-4-3-5-14-9/h3-5,8,12H,2,6-7H2,1H3,(H,11,13). The van der Waals surface area contributed by atoms with Gasteiger partial charge in [0.2, 0.25) is 5.91 Å². The summed E-state index contributed by atoms with van der Waals surface area (Å²) in [5.41, 5.74) is 0. The lowest BCUT2D eigenvalue weighted by Gasteiger charge is -2.11. The van der Waals surface area contributed by atoms with E-state index in [-0.39, 0.29) is 18.4 Å². The van der Waals surface area contributed by atoms with Gasteiger partial charge < -0.3 is 10.4 Å². The van der Waals surface area contributed by atoms with Gasteiger partial charge in [0.05, 0.1) is 19.1 Å². The van der Waals surface area contributed by atoms with Gasteiger partial charge in [-0.15, -0.1) is 11.3 Å². The molecule has 1 aromatic heterocycles. The molecule has 1 rings (SSSR count). The third-order valence-electron chi connectivity index (χ3n) is 2.10. The summed E-state index contributed by atoms with van der Waals surface area (Å²) >= 11 is 1.61. The molecule has 3 nitrogen and oxygen atoms in total. The van der Waals surface area contributed by atoms with Crippen LogP contribution in [0.2, 0.25) is 0 Å². The minimum Gasteiger partial charge on any atom is -0.396 e. The molecular formula is C10H15NO2S. The van der Waals surface area contributed by atoms with Crippen LogP contribution in [0.1, 0.15) is 18.2 Å². The molecule has 0 aliphatic carbocycles. The van der Waals surface area contributed by atoms with Crippen molar-refractivity contribution in [2.24, 2.45) is 5.92 Å². The molecule has 0 aliphatic rings. The van der Waals surface area contributed by atoms with Crippen LogP contribution in [0, 0.1) is 5.92 Å². The Hall–Kier alpha value is -0.870. The Labute approximate surface area is 87.8 Å². The summed E-state index contributed by atoms with van der Waals surface area (Å²) in [6.07, 6.45) is 0.673. The SMILES string of the molecule is CCC(CO)C(=O)NCc1cccs1. The van der Waals surface area contributed by atoms with E-state index in [1.54, 1.807) is 11.3 Å². The first kappa shape index (κ1) is 11.2. The smallest absolute Gasteiger partial charge is 0.225 e. The molecule has 0 radical (unpaired) electrons. The van der Waals surface area contributed by atoms with Crippen LogP contribution in [-0.4, -0.2) is 17.6 Å². The van der Waals surface area contributed by atoms with Crippen molar-refractivity contribution >= 4 is 17.2 Å². The van der Waals surface area contributed by atoms with Crippen LogP contribution in [0.15, 0.2) is 17.5 Å². The minimum atomic E-state index is -0.269. The zero-order chi connectivity index (χ0) is 10.4. The molecule has 0 bridgehead atoms. The van der Waals surface area contributed by atoms with Gasteiger partial charge in [-0.05, 0) is 17.9 Å². The number of carbonyl (C=O) groups is 1. The number of hydrogen-bond acceptors (Lipinski definition) is 3. The number of nitrogens with one attached hydrogen (secondary N) is 1. The van der Waals surface area contributed by atoms with Crippen molar-refractivity contribution in [1.29, 1.82) is 0 Å². The van der Waals surface area contributed by atoms with Crippen molar-refractivity contribution in [2.45, 2.75) is 19.9 Å². The summed E-state index contributed by atoms with van der Waals surface area (Å²) in [4.78, 5) is 12.6. The maximum Gasteiger partial charge on any atom is 0.225 e. The van der Waals surface area contributed by atoms with Gasteiger partial charge in [-0.3, -0.25) is 4.79 Å². The summed E-state index contributed by atoms with van der Waals surface area (Å²) < 4.78 is 0. The van der Waals surface area contributed by atoms with Crippen LogP contribution < -0.4 is 5.32 Å². The van der Waals surface area contributed by atoms with E-state index in [1.165, 1.54) is 0 Å². The van der Waals surface area contributed by atoms with Crippen LogP contribution in [0.3, 0.4) is 0 Å². The number of aliphatic hydroxyl groups excluding tert-OH is 1. The van der Waals surface area contributed by atoms with E-state index in [0.29, 0.717) is 13.0 Å². The lowest BCUT2D eigenvalue weighted by atomic mass is 10.1. The van der Waals surface area contributed by atoms with Gasteiger partial charge in [0, 0.05) is 4.88 Å². The number of hydrogen-bond donors (Lipinski definition) is 2. The van der Waals surface area contributed by atoms with E-state index in [4.69, 9.17) is 5.11 Å².